The molecule has 0 saturated heterocycles. The van der Waals surface area contributed by atoms with Crippen LogP contribution in [0.15, 0.2) is 29.3 Å². The molecule has 0 aromatic heterocycles. The van der Waals surface area contributed by atoms with Crippen LogP contribution in [-0.4, -0.2) is 47.0 Å². The van der Waals surface area contributed by atoms with Gasteiger partial charge in [0.2, 0.25) is 11.8 Å². The molecule has 3 unspecified atom stereocenters. The number of nitrogens with zero attached hydrogens (tertiary/aromatic N) is 2. The van der Waals surface area contributed by atoms with Crippen LogP contribution in [0.4, 0.5) is 13.2 Å². The summed E-state index contributed by atoms with van der Waals surface area (Å²) in [5.74, 6) is -0.821. The van der Waals surface area contributed by atoms with Crippen LogP contribution < -0.4 is 15.8 Å². The standard InChI is InChI=1S/C25H33F3N4O3/c1-5-24(6-2)12-19(33)32(22(29)31-24)13-15-20(23(15,3)4)21(34)30-16-11-18(25(26,27)28)35-17-10-8-7-9-14(16)17/h7-10,15-16,18,20H,5-6,11-13H2,1-4H3,(H2,29,31)(H,30,34)/t15?,16-,18?,20?/m0/s1. The van der Waals surface area contributed by atoms with Gasteiger partial charge in [-0.05, 0) is 30.2 Å². The SMILES string of the molecule is CCC1(CC)CC(=O)N(CC2C(C(=O)N[C@H]3CC(C(F)(F)F)Oc4ccccc43)C2(C)C)C(N)=N1. The van der Waals surface area contributed by atoms with Gasteiger partial charge in [0.05, 0.1) is 18.0 Å². The van der Waals surface area contributed by atoms with Crippen molar-refractivity contribution in [3.63, 3.8) is 0 Å². The van der Waals surface area contributed by atoms with Crippen molar-refractivity contribution in [2.75, 3.05) is 6.54 Å². The van der Waals surface area contributed by atoms with Gasteiger partial charge in [-0.1, -0.05) is 45.9 Å². The number of guanidine groups is 1. The number of alkyl halides is 3. The normalized spacial score (nSPS) is 29.1. The Labute approximate surface area is 203 Å². The summed E-state index contributed by atoms with van der Waals surface area (Å²) in [6.07, 6.45) is -5.27. The van der Waals surface area contributed by atoms with Crippen molar-refractivity contribution in [2.45, 2.75) is 77.2 Å². The summed E-state index contributed by atoms with van der Waals surface area (Å²) in [5, 5.41) is 2.83. The Hall–Kier alpha value is -2.78. The van der Waals surface area contributed by atoms with Crippen molar-refractivity contribution < 1.29 is 27.5 Å². The number of hydrogen-bond acceptors (Lipinski definition) is 5. The summed E-state index contributed by atoms with van der Waals surface area (Å²) in [7, 11) is 0. The molecule has 2 amide bonds. The maximum absolute atomic E-state index is 13.4. The molecule has 0 bridgehead atoms. The second kappa shape index (κ2) is 8.71. The van der Waals surface area contributed by atoms with Crippen molar-refractivity contribution >= 4 is 17.8 Å². The lowest BCUT2D eigenvalue weighted by Crippen LogP contribution is -2.52. The van der Waals surface area contributed by atoms with E-state index in [1.807, 2.05) is 27.7 Å². The molecule has 0 radical (unpaired) electrons. The van der Waals surface area contributed by atoms with Gasteiger partial charge in [-0.3, -0.25) is 14.5 Å². The summed E-state index contributed by atoms with van der Waals surface area (Å²) in [4.78, 5) is 32.2. The molecule has 3 aliphatic rings. The second-order valence-corrected chi connectivity index (χ2v) is 10.5. The molecule has 192 valence electrons. The predicted octanol–water partition coefficient (Wildman–Crippen LogP) is 3.94. The number of amides is 2. The largest absolute Gasteiger partial charge is 0.480 e. The average Bonchev–Trinajstić information content (AvgIpc) is 3.35. The Kier molecular flexibility index (Phi) is 6.30. The third-order valence-electron chi connectivity index (χ3n) is 8.13. The molecule has 1 saturated carbocycles. The van der Waals surface area contributed by atoms with E-state index in [4.69, 9.17) is 10.5 Å². The smallest absolute Gasteiger partial charge is 0.425 e. The number of hydrogen-bond donors (Lipinski definition) is 2. The van der Waals surface area contributed by atoms with Crippen LogP contribution in [0, 0.1) is 17.3 Å². The zero-order chi connectivity index (χ0) is 25.8. The summed E-state index contributed by atoms with van der Waals surface area (Å²) >= 11 is 0. The molecule has 35 heavy (non-hydrogen) atoms. The van der Waals surface area contributed by atoms with Crippen molar-refractivity contribution in [3.8, 4) is 5.75 Å². The minimum Gasteiger partial charge on any atom is -0.480 e. The van der Waals surface area contributed by atoms with E-state index >= 15 is 0 Å². The fraction of sp³-hybridized carbons (Fsp3) is 0.640. The first-order valence-corrected chi connectivity index (χ1v) is 12.1. The Morgan fingerprint density at radius 3 is 2.51 bits per heavy atom. The van der Waals surface area contributed by atoms with E-state index in [9.17, 15) is 22.8 Å². The first-order valence-electron chi connectivity index (χ1n) is 12.1. The van der Waals surface area contributed by atoms with Gasteiger partial charge in [0.1, 0.15) is 5.75 Å². The van der Waals surface area contributed by atoms with E-state index < -0.39 is 41.6 Å². The fourth-order valence-corrected chi connectivity index (χ4v) is 5.52. The molecule has 1 aromatic carbocycles. The Balaban J connectivity index is 1.49. The highest BCUT2D eigenvalue weighted by atomic mass is 19.4. The molecule has 1 aromatic rings. The highest BCUT2D eigenvalue weighted by Gasteiger charge is 2.63. The van der Waals surface area contributed by atoms with E-state index in [-0.39, 0.29) is 42.4 Å². The van der Waals surface area contributed by atoms with Gasteiger partial charge in [-0.15, -0.1) is 0 Å². The van der Waals surface area contributed by atoms with Crippen molar-refractivity contribution in [3.05, 3.63) is 29.8 Å². The Morgan fingerprint density at radius 1 is 1.26 bits per heavy atom. The van der Waals surface area contributed by atoms with Gasteiger partial charge in [-0.25, -0.2) is 4.99 Å². The van der Waals surface area contributed by atoms with Gasteiger partial charge < -0.3 is 15.8 Å². The third-order valence-corrected chi connectivity index (χ3v) is 8.13. The summed E-state index contributed by atoms with van der Waals surface area (Å²) in [6, 6.07) is 5.63. The minimum absolute atomic E-state index is 0.116. The molecular weight excluding hydrogens is 461 g/mol. The average molecular weight is 495 g/mol. The van der Waals surface area contributed by atoms with Crippen LogP contribution in [-0.2, 0) is 9.59 Å². The number of ether oxygens (including phenoxy) is 1. The van der Waals surface area contributed by atoms with Crippen molar-refractivity contribution in [1.29, 1.82) is 0 Å². The summed E-state index contributed by atoms with van der Waals surface area (Å²) < 4.78 is 45.5. The topological polar surface area (TPSA) is 97.0 Å². The molecule has 3 N–H and O–H groups in total. The number of benzene rings is 1. The van der Waals surface area contributed by atoms with Crippen molar-refractivity contribution in [1.82, 2.24) is 10.2 Å². The van der Waals surface area contributed by atoms with Gasteiger partial charge in [0.15, 0.2) is 12.1 Å². The second-order valence-electron chi connectivity index (χ2n) is 10.5. The van der Waals surface area contributed by atoms with Crippen LogP contribution in [0.2, 0.25) is 0 Å². The molecule has 0 spiro atoms. The van der Waals surface area contributed by atoms with Gasteiger partial charge in [0, 0.05) is 24.4 Å². The van der Waals surface area contributed by atoms with E-state index in [2.05, 4.69) is 10.3 Å². The zero-order valence-corrected chi connectivity index (χ0v) is 20.5. The molecule has 1 fully saturated rings. The molecule has 2 aliphatic heterocycles. The number of fused-ring (bicyclic) bond motifs is 1. The molecule has 4 atom stereocenters. The Bertz CT molecular complexity index is 1040. The summed E-state index contributed by atoms with van der Waals surface area (Å²) in [6.45, 7) is 8.04. The van der Waals surface area contributed by atoms with Crippen LogP contribution >= 0.6 is 0 Å². The first kappa shape index (κ1) is 25.3. The van der Waals surface area contributed by atoms with Crippen LogP contribution in [0.1, 0.15) is 65.0 Å². The number of carbonyl (C=O) groups is 2. The number of carbonyl (C=O) groups excluding carboxylic acids is 2. The first-order chi connectivity index (χ1) is 16.3. The van der Waals surface area contributed by atoms with Crippen LogP contribution in [0.25, 0.3) is 0 Å². The van der Waals surface area contributed by atoms with E-state index in [0.29, 0.717) is 18.4 Å². The highest BCUT2D eigenvalue weighted by Crippen LogP contribution is 2.59. The lowest BCUT2D eigenvalue weighted by Gasteiger charge is -2.36. The maximum Gasteiger partial charge on any atom is 0.425 e. The lowest BCUT2D eigenvalue weighted by molar-refractivity contribution is -0.201. The monoisotopic (exact) mass is 494 g/mol. The lowest BCUT2D eigenvalue weighted by atomic mass is 9.88. The van der Waals surface area contributed by atoms with E-state index in [1.54, 1.807) is 18.2 Å². The third kappa shape index (κ3) is 4.59. The van der Waals surface area contributed by atoms with Crippen LogP contribution in [0.3, 0.4) is 0 Å². The van der Waals surface area contributed by atoms with E-state index in [0.717, 1.165) is 0 Å². The molecule has 2 heterocycles. The predicted molar refractivity (Wildman–Crippen MR) is 124 cm³/mol. The van der Waals surface area contributed by atoms with Gasteiger partial charge >= 0.3 is 6.18 Å². The number of para-hydroxylation sites is 1. The number of nitrogens with one attached hydrogen (secondary N) is 1. The van der Waals surface area contributed by atoms with E-state index in [1.165, 1.54) is 11.0 Å². The molecule has 10 heteroatoms. The highest BCUT2D eigenvalue weighted by molar-refractivity contribution is 5.99. The zero-order valence-electron chi connectivity index (χ0n) is 20.5. The van der Waals surface area contributed by atoms with Gasteiger partial charge in [-0.2, -0.15) is 13.2 Å². The number of aliphatic imine (C=N–C) groups is 1. The molecule has 1 aliphatic carbocycles. The number of halogens is 3. The van der Waals surface area contributed by atoms with Crippen molar-refractivity contribution in [2.24, 2.45) is 28.0 Å². The summed E-state index contributed by atoms with van der Waals surface area (Å²) in [5.41, 5.74) is 5.77. The van der Waals surface area contributed by atoms with Gasteiger partial charge in [0.25, 0.3) is 0 Å². The molecule has 7 nitrogen and oxygen atoms in total. The maximum atomic E-state index is 13.4. The number of rotatable bonds is 6. The minimum atomic E-state index is -4.55. The fourth-order valence-electron chi connectivity index (χ4n) is 5.52. The molecule has 4 rings (SSSR count). The Morgan fingerprint density at radius 2 is 1.91 bits per heavy atom. The quantitative estimate of drug-likeness (QED) is 0.626. The molecular formula is C25H33F3N4O3. The number of nitrogens with two attached hydrogens (primary N) is 1. The van der Waals surface area contributed by atoms with Crippen LogP contribution in [0.5, 0.6) is 5.75 Å².